The van der Waals surface area contributed by atoms with Crippen LogP contribution in [0.5, 0.6) is 0 Å². The molecular weight excluding hydrogens is 274 g/mol. The van der Waals surface area contributed by atoms with Crippen molar-refractivity contribution in [3.05, 3.63) is 64.9 Å². The number of primary amides is 1. The zero-order chi connectivity index (χ0) is 14.6. The molecule has 2 aromatic rings. The Hall–Kier alpha value is -1.91. The third kappa shape index (κ3) is 3.15. The molecule has 1 atom stereocenters. The molecule has 0 saturated carbocycles. The average molecular weight is 290 g/mol. The lowest BCUT2D eigenvalue weighted by molar-refractivity contribution is -0.124. The van der Waals surface area contributed by atoms with Crippen molar-refractivity contribution in [2.24, 2.45) is 5.73 Å². The molecule has 0 unspecified atom stereocenters. The first-order valence-electron chi connectivity index (χ1n) is 6.23. The van der Waals surface area contributed by atoms with Crippen LogP contribution in [0, 0.1) is 0 Å². The quantitative estimate of drug-likeness (QED) is 0.887. The number of amides is 1. The van der Waals surface area contributed by atoms with Gasteiger partial charge in [-0.2, -0.15) is 0 Å². The number of rotatable bonds is 5. The average Bonchev–Trinajstić information content (AvgIpc) is 2.45. The Balaban J connectivity index is 2.24. The molecule has 3 N–H and O–H groups in total. The summed E-state index contributed by atoms with van der Waals surface area (Å²) in [5.41, 5.74) is 6.12. The molecule has 0 saturated heterocycles. The molecule has 1 aromatic carbocycles. The van der Waals surface area contributed by atoms with E-state index in [2.05, 4.69) is 10.3 Å². The Morgan fingerprint density at radius 1 is 1.35 bits per heavy atom. The van der Waals surface area contributed by atoms with Gasteiger partial charge in [0.2, 0.25) is 5.91 Å². The second-order valence-electron chi connectivity index (χ2n) is 4.67. The maximum atomic E-state index is 11.9. The predicted molar refractivity (Wildman–Crippen MR) is 79.1 cm³/mol. The van der Waals surface area contributed by atoms with Gasteiger partial charge in [-0.3, -0.25) is 15.1 Å². The molecule has 0 radical (unpaired) electrons. The number of nitrogens with zero attached hydrogens (tertiary/aromatic N) is 1. The van der Waals surface area contributed by atoms with Crippen LogP contribution in [0.25, 0.3) is 0 Å². The summed E-state index contributed by atoms with van der Waals surface area (Å²) in [7, 11) is 0. The zero-order valence-electron chi connectivity index (χ0n) is 11.1. The van der Waals surface area contributed by atoms with Gasteiger partial charge in [-0.15, -0.1) is 0 Å². The van der Waals surface area contributed by atoms with Crippen LogP contribution in [0.4, 0.5) is 0 Å². The van der Waals surface area contributed by atoms with Crippen molar-refractivity contribution in [1.29, 1.82) is 0 Å². The highest BCUT2D eigenvalue weighted by Crippen LogP contribution is 2.23. The van der Waals surface area contributed by atoms with Crippen molar-refractivity contribution in [3.63, 3.8) is 0 Å². The Bertz CT molecular complexity index is 603. The van der Waals surface area contributed by atoms with Crippen LogP contribution in [0.15, 0.2) is 48.7 Å². The van der Waals surface area contributed by atoms with E-state index in [0.29, 0.717) is 11.6 Å². The molecule has 1 heterocycles. The SMILES string of the molecule is C[C@](NCc1ccccn1)(C(N)=O)c1cccc(Cl)c1. The second kappa shape index (κ2) is 6.03. The number of aromatic nitrogens is 1. The summed E-state index contributed by atoms with van der Waals surface area (Å²) in [6, 6.07) is 12.7. The molecule has 0 fully saturated rings. The first-order valence-corrected chi connectivity index (χ1v) is 6.61. The van der Waals surface area contributed by atoms with Crippen molar-refractivity contribution in [2.45, 2.75) is 19.0 Å². The summed E-state index contributed by atoms with van der Waals surface area (Å²) < 4.78 is 0. The van der Waals surface area contributed by atoms with Gasteiger partial charge in [-0.25, -0.2) is 0 Å². The van der Waals surface area contributed by atoms with Crippen molar-refractivity contribution in [2.75, 3.05) is 0 Å². The number of benzene rings is 1. The van der Waals surface area contributed by atoms with Gasteiger partial charge in [0.05, 0.1) is 5.69 Å². The summed E-state index contributed by atoms with van der Waals surface area (Å²) in [6.45, 7) is 2.18. The maximum absolute atomic E-state index is 11.9. The van der Waals surface area contributed by atoms with Gasteiger partial charge in [-0.1, -0.05) is 29.8 Å². The van der Waals surface area contributed by atoms with Gasteiger partial charge < -0.3 is 5.73 Å². The number of carbonyl (C=O) groups is 1. The first kappa shape index (κ1) is 14.5. The van der Waals surface area contributed by atoms with E-state index >= 15 is 0 Å². The van der Waals surface area contributed by atoms with Gasteiger partial charge in [0.1, 0.15) is 5.54 Å². The smallest absolute Gasteiger partial charge is 0.242 e. The third-order valence-corrected chi connectivity index (χ3v) is 3.48. The fourth-order valence-corrected chi connectivity index (χ4v) is 2.09. The van der Waals surface area contributed by atoms with Crippen LogP contribution >= 0.6 is 11.6 Å². The topological polar surface area (TPSA) is 68.0 Å². The van der Waals surface area contributed by atoms with E-state index in [1.54, 1.807) is 31.3 Å². The molecule has 0 aliphatic heterocycles. The summed E-state index contributed by atoms with van der Waals surface area (Å²) in [5, 5.41) is 3.72. The monoisotopic (exact) mass is 289 g/mol. The molecule has 0 aliphatic rings. The summed E-state index contributed by atoms with van der Waals surface area (Å²) in [6.07, 6.45) is 1.71. The van der Waals surface area contributed by atoms with Crippen LogP contribution in [0.1, 0.15) is 18.2 Å². The van der Waals surface area contributed by atoms with E-state index in [9.17, 15) is 4.79 Å². The normalized spacial score (nSPS) is 13.7. The van der Waals surface area contributed by atoms with Gasteiger partial charge >= 0.3 is 0 Å². The summed E-state index contributed by atoms with van der Waals surface area (Å²) in [4.78, 5) is 16.1. The van der Waals surface area contributed by atoms with Crippen molar-refractivity contribution in [1.82, 2.24) is 10.3 Å². The van der Waals surface area contributed by atoms with Crippen molar-refractivity contribution in [3.8, 4) is 0 Å². The third-order valence-electron chi connectivity index (χ3n) is 3.24. The fraction of sp³-hybridized carbons (Fsp3) is 0.200. The zero-order valence-corrected chi connectivity index (χ0v) is 11.9. The Kier molecular flexibility index (Phi) is 4.37. The largest absolute Gasteiger partial charge is 0.368 e. The lowest BCUT2D eigenvalue weighted by atomic mass is 9.91. The molecule has 0 bridgehead atoms. The highest BCUT2D eigenvalue weighted by molar-refractivity contribution is 6.30. The molecule has 1 amide bonds. The highest BCUT2D eigenvalue weighted by Gasteiger charge is 2.32. The molecule has 104 valence electrons. The minimum absolute atomic E-state index is 0.437. The maximum Gasteiger partial charge on any atom is 0.242 e. The summed E-state index contributed by atoms with van der Waals surface area (Å²) in [5.74, 6) is -0.462. The van der Waals surface area contributed by atoms with Crippen LogP contribution in [0.3, 0.4) is 0 Å². The minimum Gasteiger partial charge on any atom is -0.368 e. The molecular formula is C15H16ClN3O. The van der Waals surface area contributed by atoms with Crippen LogP contribution in [-0.4, -0.2) is 10.9 Å². The van der Waals surface area contributed by atoms with Gasteiger partial charge in [0, 0.05) is 17.8 Å². The minimum atomic E-state index is -0.998. The molecule has 0 aliphatic carbocycles. The summed E-state index contributed by atoms with van der Waals surface area (Å²) >= 11 is 5.98. The number of nitrogens with one attached hydrogen (secondary N) is 1. The number of halogens is 1. The first-order chi connectivity index (χ1) is 9.52. The standard InChI is InChI=1S/C15H16ClN3O/c1-15(14(17)20,11-5-4-6-12(16)9-11)19-10-13-7-2-3-8-18-13/h2-9,19H,10H2,1H3,(H2,17,20)/t15-/m1/s1. The van der Waals surface area contributed by atoms with Crippen LogP contribution in [-0.2, 0) is 16.9 Å². The number of carbonyl (C=O) groups excluding carboxylic acids is 1. The van der Waals surface area contributed by atoms with E-state index in [-0.39, 0.29) is 0 Å². The van der Waals surface area contributed by atoms with E-state index in [4.69, 9.17) is 17.3 Å². The number of pyridine rings is 1. The Morgan fingerprint density at radius 2 is 2.15 bits per heavy atom. The van der Waals surface area contributed by atoms with Gasteiger partial charge in [0.15, 0.2) is 0 Å². The molecule has 2 rings (SSSR count). The van der Waals surface area contributed by atoms with Gasteiger partial charge in [-0.05, 0) is 36.8 Å². The van der Waals surface area contributed by atoms with E-state index in [1.807, 2.05) is 24.3 Å². The molecule has 1 aromatic heterocycles. The Labute approximate surface area is 123 Å². The fourth-order valence-electron chi connectivity index (χ4n) is 1.90. The van der Waals surface area contributed by atoms with Crippen molar-refractivity contribution >= 4 is 17.5 Å². The molecule has 5 heteroatoms. The van der Waals surface area contributed by atoms with Crippen molar-refractivity contribution < 1.29 is 4.79 Å². The number of nitrogens with two attached hydrogens (primary N) is 1. The lowest BCUT2D eigenvalue weighted by Crippen LogP contribution is -2.50. The Morgan fingerprint density at radius 3 is 2.75 bits per heavy atom. The molecule has 20 heavy (non-hydrogen) atoms. The van der Waals surface area contributed by atoms with E-state index < -0.39 is 11.4 Å². The van der Waals surface area contributed by atoms with Gasteiger partial charge in [0.25, 0.3) is 0 Å². The molecule has 0 spiro atoms. The highest BCUT2D eigenvalue weighted by atomic mass is 35.5. The lowest BCUT2D eigenvalue weighted by Gasteiger charge is -2.28. The van der Waals surface area contributed by atoms with E-state index in [1.165, 1.54) is 0 Å². The molecule has 4 nitrogen and oxygen atoms in total. The predicted octanol–water partition coefficient (Wildman–Crippen LogP) is 2.23. The van der Waals surface area contributed by atoms with Crippen LogP contribution < -0.4 is 11.1 Å². The van der Waals surface area contributed by atoms with E-state index in [0.717, 1.165) is 11.3 Å². The number of hydrogen-bond donors (Lipinski definition) is 2. The number of hydrogen-bond acceptors (Lipinski definition) is 3. The second-order valence-corrected chi connectivity index (χ2v) is 5.11. The van der Waals surface area contributed by atoms with Crippen LogP contribution in [0.2, 0.25) is 5.02 Å².